The number of anilines is 1. The van der Waals surface area contributed by atoms with Gasteiger partial charge in [-0.3, -0.25) is 9.48 Å². The molecule has 1 aliphatic heterocycles. The van der Waals surface area contributed by atoms with Crippen LogP contribution < -0.4 is 4.90 Å². The zero-order chi connectivity index (χ0) is 24.7. The second-order valence-corrected chi connectivity index (χ2v) is 9.32. The number of aromatic nitrogens is 2. The summed E-state index contributed by atoms with van der Waals surface area (Å²) in [6.07, 6.45) is -1.58. The minimum absolute atomic E-state index is 0.154. The van der Waals surface area contributed by atoms with E-state index in [0.717, 1.165) is 27.9 Å². The Morgan fingerprint density at radius 1 is 1.21 bits per heavy atom. The van der Waals surface area contributed by atoms with E-state index in [1.807, 2.05) is 6.92 Å². The molecule has 176 valence electrons. The molecule has 3 rings (SSSR count). The summed E-state index contributed by atoms with van der Waals surface area (Å²) in [5, 5.41) is 13.0. The second kappa shape index (κ2) is 8.74. The summed E-state index contributed by atoms with van der Waals surface area (Å²) in [5.41, 5.74) is -0.428. The number of rotatable bonds is 6. The summed E-state index contributed by atoms with van der Waals surface area (Å²) in [5.74, 6) is -0.500. The maximum Gasteiger partial charge on any atom is 0.416 e. The number of hydrogen-bond acceptors (Lipinski definition) is 4. The van der Waals surface area contributed by atoms with Crippen LogP contribution in [0.25, 0.3) is 0 Å². The first-order chi connectivity index (χ1) is 15.2. The van der Waals surface area contributed by atoms with Gasteiger partial charge in [-0.1, -0.05) is 12.1 Å². The van der Waals surface area contributed by atoms with Gasteiger partial charge in [-0.2, -0.15) is 18.3 Å². The number of benzene rings is 1. The molecular weight excluding hydrogens is 454 g/mol. The van der Waals surface area contributed by atoms with Crippen LogP contribution in [0.5, 0.6) is 0 Å². The molecule has 1 saturated heterocycles. The fraction of sp³-hybridized carbons (Fsp3) is 0.364. The molecule has 0 bridgehead atoms. The van der Waals surface area contributed by atoms with Crippen LogP contribution in [0.2, 0.25) is 0 Å². The molecule has 1 unspecified atom stereocenters. The van der Waals surface area contributed by atoms with Crippen LogP contribution in [0.3, 0.4) is 0 Å². The smallest absolute Gasteiger partial charge is 0.305 e. The number of imide groups is 1. The van der Waals surface area contributed by atoms with E-state index in [1.54, 1.807) is 20.8 Å². The Labute approximate surface area is 191 Å². The summed E-state index contributed by atoms with van der Waals surface area (Å²) in [6.45, 7) is 6.76. The SMILES string of the molecule is CC(=N)/C(Cn1cc(N2C(=O)N(Cc3cccc(C(F)(F)F)c3)C(C)(C)C2=O)cn1)=C(/C)P. The highest BCUT2D eigenvalue weighted by Gasteiger charge is 2.52. The molecule has 0 radical (unpaired) electrons. The fourth-order valence-corrected chi connectivity index (χ4v) is 3.92. The Morgan fingerprint density at radius 2 is 1.88 bits per heavy atom. The van der Waals surface area contributed by atoms with E-state index in [1.165, 1.54) is 34.1 Å². The predicted molar refractivity (Wildman–Crippen MR) is 122 cm³/mol. The minimum atomic E-state index is -4.51. The van der Waals surface area contributed by atoms with Crippen molar-refractivity contribution in [3.05, 3.63) is 58.7 Å². The largest absolute Gasteiger partial charge is 0.416 e. The van der Waals surface area contributed by atoms with Gasteiger partial charge in [0.15, 0.2) is 0 Å². The van der Waals surface area contributed by atoms with Gasteiger partial charge in [0.1, 0.15) is 5.54 Å². The van der Waals surface area contributed by atoms with Gasteiger partial charge in [0, 0.05) is 18.5 Å². The molecule has 1 aromatic heterocycles. The van der Waals surface area contributed by atoms with Gasteiger partial charge < -0.3 is 10.3 Å². The number of halogens is 3. The van der Waals surface area contributed by atoms with Crippen LogP contribution in [-0.2, 0) is 24.1 Å². The van der Waals surface area contributed by atoms with Gasteiger partial charge in [-0.25, -0.2) is 9.69 Å². The molecule has 1 atom stereocenters. The third-order valence-electron chi connectivity index (χ3n) is 5.55. The monoisotopic (exact) mass is 479 g/mol. The van der Waals surface area contributed by atoms with Gasteiger partial charge >= 0.3 is 12.2 Å². The zero-order valence-electron chi connectivity index (χ0n) is 18.7. The van der Waals surface area contributed by atoms with E-state index in [-0.39, 0.29) is 24.3 Å². The summed E-state index contributed by atoms with van der Waals surface area (Å²) >= 11 is 0. The highest BCUT2D eigenvalue weighted by Crippen LogP contribution is 2.35. The van der Waals surface area contributed by atoms with E-state index in [0.29, 0.717) is 5.71 Å². The highest BCUT2D eigenvalue weighted by molar-refractivity contribution is 7.22. The normalized spacial score (nSPS) is 17.0. The Bertz CT molecular complexity index is 1150. The van der Waals surface area contributed by atoms with Gasteiger partial charge in [0.05, 0.1) is 24.0 Å². The van der Waals surface area contributed by atoms with Crippen molar-refractivity contribution in [2.45, 2.75) is 52.5 Å². The summed E-state index contributed by atoms with van der Waals surface area (Å²) in [7, 11) is 2.54. The molecule has 1 fully saturated rings. The van der Waals surface area contributed by atoms with Crippen molar-refractivity contribution in [1.82, 2.24) is 14.7 Å². The van der Waals surface area contributed by atoms with E-state index in [4.69, 9.17) is 5.41 Å². The average molecular weight is 479 g/mol. The van der Waals surface area contributed by atoms with Gasteiger partial charge in [-0.15, -0.1) is 9.24 Å². The number of nitrogens with zero attached hydrogens (tertiary/aromatic N) is 4. The lowest BCUT2D eigenvalue weighted by Crippen LogP contribution is -2.43. The molecule has 33 heavy (non-hydrogen) atoms. The first-order valence-electron chi connectivity index (χ1n) is 10.1. The molecule has 1 N–H and O–H groups in total. The Balaban J connectivity index is 1.88. The summed E-state index contributed by atoms with van der Waals surface area (Å²) in [4.78, 5) is 28.5. The number of urea groups is 1. The van der Waals surface area contributed by atoms with Crippen LogP contribution in [0.1, 0.15) is 38.8 Å². The molecule has 0 saturated carbocycles. The molecule has 1 aliphatic rings. The van der Waals surface area contributed by atoms with Crippen molar-refractivity contribution in [2.75, 3.05) is 4.90 Å². The van der Waals surface area contributed by atoms with Crippen molar-refractivity contribution in [2.24, 2.45) is 0 Å². The van der Waals surface area contributed by atoms with Gasteiger partial charge in [-0.05, 0) is 56.3 Å². The van der Waals surface area contributed by atoms with E-state index >= 15 is 0 Å². The lowest BCUT2D eigenvalue weighted by molar-refractivity contribution is -0.137. The number of carbonyl (C=O) groups is 2. The molecule has 3 amide bonds. The van der Waals surface area contributed by atoms with E-state index < -0.39 is 29.2 Å². The number of hydrogen-bond donors (Lipinski definition) is 1. The Hall–Kier alpha value is -3.00. The maximum atomic E-state index is 13.2. The standard InChI is InChI=1S/C22H25F3N5O2P/c1-13(26)18(14(2)33)12-28-11-17(9-27-28)30-19(31)21(3,4)29(20(30)32)10-15-6-5-7-16(8-15)22(23,24)25/h5-9,11,26H,10,12,33H2,1-4H3/b18-14-,26-13?. The first-order valence-corrected chi connectivity index (χ1v) is 10.7. The van der Waals surface area contributed by atoms with Crippen LogP contribution in [0.4, 0.5) is 23.7 Å². The highest BCUT2D eigenvalue weighted by atomic mass is 31.0. The number of nitrogens with one attached hydrogen (secondary N) is 1. The number of carbonyl (C=O) groups excluding carboxylic acids is 2. The summed E-state index contributed by atoms with van der Waals surface area (Å²) < 4.78 is 40.8. The van der Waals surface area contributed by atoms with Crippen LogP contribution >= 0.6 is 9.24 Å². The minimum Gasteiger partial charge on any atom is -0.305 e. The second-order valence-electron chi connectivity index (χ2n) is 8.45. The summed E-state index contributed by atoms with van der Waals surface area (Å²) in [6, 6.07) is 4.07. The Kier molecular flexibility index (Phi) is 6.53. The fourth-order valence-electron chi connectivity index (χ4n) is 3.61. The first kappa shape index (κ1) is 24.6. The van der Waals surface area contributed by atoms with Gasteiger partial charge in [0.25, 0.3) is 5.91 Å². The van der Waals surface area contributed by atoms with Crippen LogP contribution in [-0.4, -0.2) is 37.9 Å². The average Bonchev–Trinajstić information content (AvgIpc) is 3.22. The predicted octanol–water partition coefficient (Wildman–Crippen LogP) is 4.84. The van der Waals surface area contributed by atoms with E-state index in [2.05, 4.69) is 14.3 Å². The van der Waals surface area contributed by atoms with Crippen molar-refractivity contribution >= 4 is 32.6 Å². The van der Waals surface area contributed by atoms with Crippen molar-refractivity contribution in [3.8, 4) is 0 Å². The Morgan fingerprint density at radius 3 is 2.45 bits per heavy atom. The van der Waals surface area contributed by atoms with Crippen molar-refractivity contribution in [1.29, 1.82) is 5.41 Å². The lowest BCUT2D eigenvalue weighted by Gasteiger charge is -2.28. The maximum absolute atomic E-state index is 13.2. The van der Waals surface area contributed by atoms with Gasteiger partial charge in [0.2, 0.25) is 0 Å². The number of amides is 3. The number of allylic oxidation sites excluding steroid dienone is 2. The molecule has 2 aromatic rings. The topological polar surface area (TPSA) is 82.3 Å². The molecule has 2 heterocycles. The molecule has 11 heteroatoms. The van der Waals surface area contributed by atoms with Crippen LogP contribution in [0, 0.1) is 5.41 Å². The quantitative estimate of drug-likeness (QED) is 0.366. The van der Waals surface area contributed by atoms with Crippen molar-refractivity contribution in [3.63, 3.8) is 0 Å². The third kappa shape index (κ3) is 4.85. The molecule has 7 nitrogen and oxygen atoms in total. The zero-order valence-corrected chi connectivity index (χ0v) is 19.8. The van der Waals surface area contributed by atoms with Crippen LogP contribution in [0.15, 0.2) is 47.5 Å². The molecule has 1 aromatic carbocycles. The molecule has 0 spiro atoms. The van der Waals surface area contributed by atoms with E-state index in [9.17, 15) is 22.8 Å². The molecule has 0 aliphatic carbocycles. The lowest BCUT2D eigenvalue weighted by atomic mass is 10.0. The number of alkyl halides is 3. The van der Waals surface area contributed by atoms with Crippen molar-refractivity contribution < 1.29 is 22.8 Å². The molecular formula is C22H25F3N5O2P. The third-order valence-corrected chi connectivity index (χ3v) is 5.89.